The van der Waals surface area contributed by atoms with Crippen LogP contribution < -0.4 is 0 Å². The highest BCUT2D eigenvalue weighted by molar-refractivity contribution is 5.88. The van der Waals surface area contributed by atoms with Gasteiger partial charge in [0.2, 0.25) is 0 Å². The van der Waals surface area contributed by atoms with Crippen LogP contribution in [0.4, 0.5) is 0 Å². The number of benzene rings is 1. The molecular weight excluding hydrogens is 152 g/mol. The molecule has 1 N–H and O–H groups in total. The summed E-state index contributed by atoms with van der Waals surface area (Å²) in [6.07, 6.45) is 3.74. The van der Waals surface area contributed by atoms with Gasteiger partial charge in [0.15, 0.2) is 0 Å². The molecule has 1 aromatic carbocycles. The molecule has 2 heteroatoms. The number of aromatic carboxylic acids is 1. The molecular formula is C10H10O2. The fraction of sp³-hybridized carbons (Fsp3) is 0.100. The summed E-state index contributed by atoms with van der Waals surface area (Å²) in [6, 6.07) is 6.82. The van der Waals surface area contributed by atoms with Crippen LogP contribution in [0.1, 0.15) is 22.8 Å². The Morgan fingerprint density at radius 3 is 2.83 bits per heavy atom. The van der Waals surface area contributed by atoms with E-state index in [2.05, 4.69) is 0 Å². The van der Waals surface area contributed by atoms with Crippen molar-refractivity contribution in [1.29, 1.82) is 0 Å². The summed E-state index contributed by atoms with van der Waals surface area (Å²) in [5.41, 5.74) is 1.24. The molecule has 0 heterocycles. The van der Waals surface area contributed by atoms with Gasteiger partial charge in [-0.25, -0.2) is 4.79 Å². The molecule has 0 spiro atoms. The highest BCUT2D eigenvalue weighted by Crippen LogP contribution is 2.06. The van der Waals surface area contributed by atoms with E-state index in [0.29, 0.717) is 5.56 Å². The molecule has 0 amide bonds. The fourth-order valence-corrected chi connectivity index (χ4v) is 0.968. The van der Waals surface area contributed by atoms with Crippen molar-refractivity contribution in [3.05, 3.63) is 41.5 Å². The number of rotatable bonds is 2. The lowest BCUT2D eigenvalue weighted by atomic mass is 10.1. The highest BCUT2D eigenvalue weighted by atomic mass is 16.4. The molecule has 1 rings (SSSR count). The second-order valence-electron chi connectivity index (χ2n) is 2.43. The van der Waals surface area contributed by atoms with E-state index in [1.807, 2.05) is 25.1 Å². The molecule has 0 bridgehead atoms. The van der Waals surface area contributed by atoms with E-state index in [1.165, 1.54) is 0 Å². The van der Waals surface area contributed by atoms with Gasteiger partial charge in [-0.15, -0.1) is 0 Å². The fourth-order valence-electron chi connectivity index (χ4n) is 0.968. The van der Waals surface area contributed by atoms with E-state index in [-0.39, 0.29) is 0 Å². The Bertz CT molecular complexity index is 313. The molecule has 0 aliphatic rings. The van der Waals surface area contributed by atoms with Gasteiger partial charge in [-0.1, -0.05) is 24.3 Å². The van der Waals surface area contributed by atoms with Crippen molar-refractivity contribution in [3.63, 3.8) is 0 Å². The first kappa shape index (κ1) is 8.53. The van der Waals surface area contributed by atoms with Crippen LogP contribution in [0.25, 0.3) is 6.08 Å². The third kappa shape index (κ3) is 1.95. The van der Waals surface area contributed by atoms with E-state index < -0.39 is 5.97 Å². The molecule has 0 aliphatic carbocycles. The molecule has 0 unspecified atom stereocenters. The quantitative estimate of drug-likeness (QED) is 0.725. The van der Waals surface area contributed by atoms with Crippen molar-refractivity contribution in [1.82, 2.24) is 0 Å². The van der Waals surface area contributed by atoms with E-state index in [1.54, 1.807) is 18.2 Å². The Kier molecular flexibility index (Phi) is 2.64. The van der Waals surface area contributed by atoms with Crippen LogP contribution in [0.5, 0.6) is 0 Å². The Morgan fingerprint density at radius 1 is 1.50 bits per heavy atom. The summed E-state index contributed by atoms with van der Waals surface area (Å²) in [6.45, 7) is 1.90. The lowest BCUT2D eigenvalue weighted by Gasteiger charge is -1.95. The van der Waals surface area contributed by atoms with Crippen molar-refractivity contribution in [3.8, 4) is 0 Å². The van der Waals surface area contributed by atoms with E-state index >= 15 is 0 Å². The summed E-state index contributed by atoms with van der Waals surface area (Å²) >= 11 is 0. The number of carbonyl (C=O) groups is 1. The van der Waals surface area contributed by atoms with E-state index in [0.717, 1.165) is 5.56 Å². The molecule has 0 aliphatic heterocycles. The van der Waals surface area contributed by atoms with Crippen LogP contribution in [-0.4, -0.2) is 11.1 Å². The van der Waals surface area contributed by atoms with Crippen LogP contribution in [-0.2, 0) is 0 Å². The summed E-state index contributed by atoms with van der Waals surface area (Å²) < 4.78 is 0. The van der Waals surface area contributed by atoms with Crippen molar-refractivity contribution >= 4 is 12.0 Å². The Morgan fingerprint density at radius 2 is 2.25 bits per heavy atom. The first-order valence-electron chi connectivity index (χ1n) is 3.70. The minimum Gasteiger partial charge on any atom is -0.478 e. The first-order valence-corrected chi connectivity index (χ1v) is 3.70. The molecule has 62 valence electrons. The van der Waals surface area contributed by atoms with Gasteiger partial charge < -0.3 is 5.11 Å². The Hall–Kier alpha value is -1.57. The highest BCUT2D eigenvalue weighted by Gasteiger charge is 2.00. The molecule has 0 saturated heterocycles. The van der Waals surface area contributed by atoms with E-state index in [9.17, 15) is 4.79 Å². The number of carboxylic acids is 1. The van der Waals surface area contributed by atoms with Crippen LogP contribution in [0.2, 0.25) is 0 Å². The number of hydrogen-bond acceptors (Lipinski definition) is 1. The largest absolute Gasteiger partial charge is 0.478 e. The van der Waals surface area contributed by atoms with Gasteiger partial charge in [-0.2, -0.15) is 0 Å². The predicted molar refractivity (Wildman–Crippen MR) is 48.1 cm³/mol. The topological polar surface area (TPSA) is 37.3 Å². The lowest BCUT2D eigenvalue weighted by molar-refractivity contribution is 0.0697. The maximum absolute atomic E-state index is 10.5. The average molecular weight is 162 g/mol. The van der Waals surface area contributed by atoms with Crippen LogP contribution in [0, 0.1) is 0 Å². The lowest BCUT2D eigenvalue weighted by Crippen LogP contribution is -1.95. The number of hydrogen-bond donors (Lipinski definition) is 1. The monoisotopic (exact) mass is 162 g/mol. The molecule has 1 aromatic rings. The third-order valence-corrected chi connectivity index (χ3v) is 1.49. The second-order valence-corrected chi connectivity index (χ2v) is 2.43. The van der Waals surface area contributed by atoms with Crippen molar-refractivity contribution in [2.45, 2.75) is 6.92 Å². The SMILES string of the molecule is C/C=C/c1cccc(C(=O)O)c1. The Labute approximate surface area is 71.2 Å². The standard InChI is InChI=1S/C10H10O2/c1-2-4-8-5-3-6-9(7-8)10(11)12/h2-7H,1H3,(H,11,12)/b4-2+. The minimum absolute atomic E-state index is 0.325. The zero-order valence-corrected chi connectivity index (χ0v) is 6.82. The van der Waals surface area contributed by atoms with Crippen molar-refractivity contribution in [2.24, 2.45) is 0 Å². The normalized spacial score (nSPS) is 10.4. The second kappa shape index (κ2) is 3.72. The smallest absolute Gasteiger partial charge is 0.335 e. The summed E-state index contributed by atoms with van der Waals surface area (Å²) in [7, 11) is 0. The minimum atomic E-state index is -0.888. The van der Waals surface area contributed by atoms with Gasteiger partial charge in [0, 0.05) is 0 Å². The molecule has 12 heavy (non-hydrogen) atoms. The maximum Gasteiger partial charge on any atom is 0.335 e. The van der Waals surface area contributed by atoms with Gasteiger partial charge in [-0.05, 0) is 24.6 Å². The predicted octanol–water partition coefficient (Wildman–Crippen LogP) is 2.42. The zero-order valence-electron chi connectivity index (χ0n) is 6.82. The molecule has 0 fully saturated rings. The molecule has 0 radical (unpaired) electrons. The van der Waals surface area contributed by atoms with Gasteiger partial charge in [0.05, 0.1) is 5.56 Å². The molecule has 0 saturated carbocycles. The van der Waals surface area contributed by atoms with Gasteiger partial charge in [0.1, 0.15) is 0 Å². The summed E-state index contributed by atoms with van der Waals surface area (Å²) in [5.74, 6) is -0.888. The van der Waals surface area contributed by atoms with Crippen LogP contribution in [0.15, 0.2) is 30.3 Å². The number of carboxylic acid groups (broad SMARTS) is 1. The molecule has 0 atom stereocenters. The molecule has 2 nitrogen and oxygen atoms in total. The zero-order chi connectivity index (χ0) is 8.97. The van der Waals surface area contributed by atoms with Crippen LogP contribution >= 0.6 is 0 Å². The Balaban J connectivity index is 3.03. The maximum atomic E-state index is 10.5. The molecule has 0 aromatic heterocycles. The average Bonchev–Trinajstić information content (AvgIpc) is 2.05. The van der Waals surface area contributed by atoms with Gasteiger partial charge in [0.25, 0.3) is 0 Å². The van der Waals surface area contributed by atoms with Crippen molar-refractivity contribution in [2.75, 3.05) is 0 Å². The van der Waals surface area contributed by atoms with Gasteiger partial charge in [-0.3, -0.25) is 0 Å². The summed E-state index contributed by atoms with van der Waals surface area (Å²) in [5, 5.41) is 8.65. The first-order chi connectivity index (χ1) is 5.74. The van der Waals surface area contributed by atoms with E-state index in [4.69, 9.17) is 5.11 Å². The van der Waals surface area contributed by atoms with Gasteiger partial charge >= 0.3 is 5.97 Å². The summed E-state index contributed by atoms with van der Waals surface area (Å²) in [4.78, 5) is 10.5. The van der Waals surface area contributed by atoms with Crippen molar-refractivity contribution < 1.29 is 9.90 Å². The van der Waals surface area contributed by atoms with Crippen LogP contribution in [0.3, 0.4) is 0 Å². The number of allylic oxidation sites excluding steroid dienone is 1. The third-order valence-electron chi connectivity index (χ3n) is 1.49.